The van der Waals surface area contributed by atoms with Crippen LogP contribution in [0.4, 0.5) is 0 Å². The number of ether oxygens (including phenoxy) is 8. The molecule has 0 amide bonds. The van der Waals surface area contributed by atoms with E-state index < -0.39 is 98.2 Å². The summed E-state index contributed by atoms with van der Waals surface area (Å²) in [7, 11) is 1.47. The van der Waals surface area contributed by atoms with Crippen LogP contribution in [0.3, 0.4) is 0 Å². The number of rotatable bonds is 10. The molecule has 0 spiro atoms. The predicted octanol–water partition coefficient (Wildman–Crippen LogP) is -0.212. The van der Waals surface area contributed by atoms with Crippen LogP contribution in [0.1, 0.15) is 85.0 Å². The Labute approximate surface area is 344 Å². The molecule has 4 saturated carbocycles. The van der Waals surface area contributed by atoms with Crippen LogP contribution >= 0.6 is 0 Å². The molecule has 4 aliphatic heterocycles. The van der Waals surface area contributed by atoms with Crippen molar-refractivity contribution >= 4 is 5.97 Å². The van der Waals surface area contributed by atoms with E-state index in [1.807, 2.05) is 0 Å². The lowest BCUT2D eigenvalue weighted by Crippen LogP contribution is -2.63. The molecule has 17 nitrogen and oxygen atoms in total. The van der Waals surface area contributed by atoms with Crippen LogP contribution in [0, 0.1) is 34.5 Å². The van der Waals surface area contributed by atoms with Crippen LogP contribution < -0.4 is 0 Å². The average molecular weight is 843 g/mol. The molecule has 0 aromatic carbocycles. The number of aliphatic hydroxyl groups excluding tert-OH is 7. The summed E-state index contributed by atoms with van der Waals surface area (Å²) in [4.78, 5) is 11.9. The zero-order valence-electron chi connectivity index (χ0n) is 34.5. The number of aliphatic hydroxyl groups is 8. The molecule has 17 heteroatoms. The molecule has 8 rings (SSSR count). The van der Waals surface area contributed by atoms with Gasteiger partial charge < -0.3 is 78.7 Å². The van der Waals surface area contributed by atoms with Gasteiger partial charge in [-0.3, -0.25) is 0 Å². The van der Waals surface area contributed by atoms with Gasteiger partial charge in [-0.05, 0) is 99.4 Å². The second kappa shape index (κ2) is 17.0. The Morgan fingerprint density at radius 1 is 0.729 bits per heavy atom. The fourth-order valence-electron chi connectivity index (χ4n) is 12.8. The Bertz CT molecular complexity index is 1530. The standard InChI is InChI=1S/C42H66O17/c1-19-31(44)26(52-4)15-30(56-19)54-17-27-32(45)34(47)36(49)38(58-27)55-18-28-33(46)35(48)37(50)39(59-28)57-22-7-10-40(2)21(14-22)5-6-25-24(40)8-11-41(3)23(9-12-42(25,41)51)20-13-29(43)53-16-20/h13,19,21-28,30-39,44-51H,5-12,14-18H2,1-4H3/t19-,21+,22+,23+,24-,25+,26+,27-,28-,30+,31-,32-,33-,34-,35-,36-,37-,38-,39-,40+,41-,42+/m1/s1. The van der Waals surface area contributed by atoms with Gasteiger partial charge in [-0.15, -0.1) is 0 Å². The number of cyclic esters (lactones) is 1. The van der Waals surface area contributed by atoms with Gasteiger partial charge in [0.2, 0.25) is 0 Å². The molecule has 22 atom stereocenters. The van der Waals surface area contributed by atoms with Crippen LogP contribution in [0.5, 0.6) is 0 Å². The molecule has 8 aliphatic rings. The summed E-state index contributed by atoms with van der Waals surface area (Å²) < 4.78 is 46.1. The lowest BCUT2D eigenvalue weighted by Gasteiger charge is -2.64. The average Bonchev–Trinajstić information content (AvgIpc) is 3.77. The van der Waals surface area contributed by atoms with Crippen LogP contribution in [-0.2, 0) is 42.7 Å². The Morgan fingerprint density at radius 2 is 1.41 bits per heavy atom. The molecular weight excluding hydrogens is 776 g/mol. The van der Waals surface area contributed by atoms with E-state index in [9.17, 15) is 45.6 Å². The number of methoxy groups -OCH3 is 1. The third kappa shape index (κ3) is 7.75. The number of hydrogen-bond acceptors (Lipinski definition) is 17. The van der Waals surface area contributed by atoms with Crippen molar-refractivity contribution in [2.75, 3.05) is 26.9 Å². The number of hydrogen-bond donors (Lipinski definition) is 8. The van der Waals surface area contributed by atoms with Crippen LogP contribution in [0.15, 0.2) is 11.6 Å². The SMILES string of the molecule is CO[C@H]1C[C@@H](OC[C@H]2O[C@@H](OC[C@H]3O[C@@H](O[C@H]4CC[C@@]5(C)[C@@H](CC[C@H]6[C@H]5CC[C@]5(C)[C@H](C7=CC(=O)OC7)CC[C@]65O)C4)[C@H](O)[C@H](O)[C@@H]3O)[C@H](O)[C@H](O)[C@@H]2O)O[C@H](C)[C@H]1O. The normalized spacial score (nSPS) is 53.9. The van der Waals surface area contributed by atoms with Gasteiger partial charge in [-0.1, -0.05) is 13.8 Å². The lowest BCUT2D eigenvalue weighted by molar-refractivity contribution is -0.342. The first-order valence-electron chi connectivity index (χ1n) is 21.7. The van der Waals surface area contributed by atoms with E-state index in [4.69, 9.17) is 37.9 Å². The molecule has 4 aliphatic carbocycles. The summed E-state index contributed by atoms with van der Waals surface area (Å²) in [5.74, 6) is 0.615. The van der Waals surface area contributed by atoms with E-state index >= 15 is 0 Å². The maximum atomic E-state index is 12.6. The molecule has 0 unspecified atom stereocenters. The van der Waals surface area contributed by atoms with Crippen molar-refractivity contribution in [3.05, 3.63) is 11.6 Å². The van der Waals surface area contributed by atoms with E-state index in [2.05, 4.69) is 13.8 Å². The molecule has 0 radical (unpaired) electrons. The van der Waals surface area contributed by atoms with Crippen molar-refractivity contribution in [2.24, 2.45) is 34.5 Å². The summed E-state index contributed by atoms with van der Waals surface area (Å²) in [6.45, 7) is 5.86. The Hall–Kier alpha value is -1.39. The maximum absolute atomic E-state index is 12.6. The van der Waals surface area contributed by atoms with Gasteiger partial charge in [0.25, 0.3) is 0 Å². The Morgan fingerprint density at radius 3 is 2.08 bits per heavy atom. The summed E-state index contributed by atoms with van der Waals surface area (Å²) in [6.07, 6.45) is -8.63. The van der Waals surface area contributed by atoms with Crippen molar-refractivity contribution in [1.29, 1.82) is 0 Å². The van der Waals surface area contributed by atoms with Gasteiger partial charge in [-0.2, -0.15) is 0 Å². The monoisotopic (exact) mass is 842 g/mol. The van der Waals surface area contributed by atoms with E-state index in [0.29, 0.717) is 37.7 Å². The highest BCUT2D eigenvalue weighted by Crippen LogP contribution is 2.70. The molecule has 4 heterocycles. The van der Waals surface area contributed by atoms with Crippen molar-refractivity contribution in [1.82, 2.24) is 0 Å². The first kappa shape index (κ1) is 44.2. The van der Waals surface area contributed by atoms with E-state index in [-0.39, 0.29) is 47.8 Å². The lowest BCUT2D eigenvalue weighted by atomic mass is 9.43. The second-order valence-corrected chi connectivity index (χ2v) is 19.3. The molecule has 3 saturated heterocycles. The van der Waals surface area contributed by atoms with Crippen molar-refractivity contribution in [2.45, 2.75) is 183 Å². The molecule has 0 bridgehead atoms. The van der Waals surface area contributed by atoms with E-state index in [0.717, 1.165) is 44.1 Å². The fourth-order valence-corrected chi connectivity index (χ4v) is 12.8. The number of esters is 1. The third-order valence-corrected chi connectivity index (χ3v) is 16.4. The van der Waals surface area contributed by atoms with Crippen LogP contribution in [0.25, 0.3) is 0 Å². The third-order valence-electron chi connectivity index (χ3n) is 16.4. The Balaban J connectivity index is 0.861. The summed E-state index contributed by atoms with van der Waals surface area (Å²) in [5, 5.41) is 87.7. The largest absolute Gasteiger partial charge is 0.458 e. The second-order valence-electron chi connectivity index (χ2n) is 19.3. The fraction of sp³-hybridized carbons (Fsp3) is 0.929. The predicted molar refractivity (Wildman–Crippen MR) is 202 cm³/mol. The molecule has 59 heavy (non-hydrogen) atoms. The van der Waals surface area contributed by atoms with Crippen molar-refractivity contribution in [3.63, 3.8) is 0 Å². The number of carbonyl (C=O) groups is 1. The molecular formula is C42H66O17. The Kier molecular flexibility index (Phi) is 12.7. The zero-order valence-corrected chi connectivity index (χ0v) is 34.5. The van der Waals surface area contributed by atoms with Crippen LogP contribution in [-0.4, -0.2) is 171 Å². The maximum Gasteiger partial charge on any atom is 0.331 e. The molecule has 7 fully saturated rings. The van der Waals surface area contributed by atoms with Gasteiger partial charge in [0.1, 0.15) is 61.5 Å². The van der Waals surface area contributed by atoms with Crippen molar-refractivity contribution < 1.29 is 83.5 Å². The highest BCUT2D eigenvalue weighted by atomic mass is 16.7. The minimum atomic E-state index is -1.69. The van der Waals surface area contributed by atoms with Gasteiger partial charge in [0, 0.05) is 25.0 Å². The minimum Gasteiger partial charge on any atom is -0.458 e. The first-order valence-corrected chi connectivity index (χ1v) is 21.7. The molecule has 0 aromatic heterocycles. The van der Waals surface area contributed by atoms with Gasteiger partial charge in [-0.25, -0.2) is 4.79 Å². The van der Waals surface area contributed by atoms with Crippen LogP contribution in [0.2, 0.25) is 0 Å². The highest BCUT2D eigenvalue weighted by Gasteiger charge is 2.68. The molecule has 336 valence electrons. The van der Waals surface area contributed by atoms with Crippen molar-refractivity contribution in [3.8, 4) is 0 Å². The molecule has 8 N–H and O–H groups in total. The van der Waals surface area contributed by atoms with Gasteiger partial charge >= 0.3 is 5.97 Å². The summed E-state index contributed by atoms with van der Waals surface area (Å²) >= 11 is 0. The zero-order chi connectivity index (χ0) is 42.2. The first-order chi connectivity index (χ1) is 28.0. The molecule has 0 aromatic rings. The summed E-state index contributed by atoms with van der Waals surface area (Å²) in [5.41, 5.74) is -0.156. The minimum absolute atomic E-state index is 0.0275. The highest BCUT2D eigenvalue weighted by molar-refractivity contribution is 5.85. The van der Waals surface area contributed by atoms with Gasteiger partial charge in [0.15, 0.2) is 18.9 Å². The smallest absolute Gasteiger partial charge is 0.331 e. The number of carbonyl (C=O) groups excluding carboxylic acids is 1. The van der Waals surface area contributed by atoms with Gasteiger partial charge in [0.05, 0.1) is 37.1 Å². The number of fused-ring (bicyclic) bond motifs is 5. The topological polar surface area (TPSA) is 253 Å². The quantitative estimate of drug-likeness (QED) is 0.105. The van der Waals surface area contributed by atoms with E-state index in [1.54, 1.807) is 13.0 Å². The summed E-state index contributed by atoms with van der Waals surface area (Å²) in [6, 6.07) is 0. The van der Waals surface area contributed by atoms with E-state index in [1.165, 1.54) is 7.11 Å².